The highest BCUT2D eigenvalue weighted by atomic mass is 19.4. The van der Waals surface area contributed by atoms with Crippen LogP contribution < -0.4 is 15.4 Å². The molecule has 0 saturated carbocycles. The van der Waals surface area contributed by atoms with Crippen molar-refractivity contribution < 1.29 is 22.7 Å². The number of hydrogen-bond donors (Lipinski definition) is 2. The van der Waals surface area contributed by atoms with E-state index in [2.05, 4.69) is 15.4 Å². The zero-order valence-electron chi connectivity index (χ0n) is 13.3. The molecule has 0 saturated heterocycles. The van der Waals surface area contributed by atoms with Crippen LogP contribution in [0.5, 0.6) is 5.75 Å². The summed E-state index contributed by atoms with van der Waals surface area (Å²) >= 11 is 0. The number of fused-ring (bicyclic) bond motifs is 1. The van der Waals surface area contributed by atoms with Crippen LogP contribution in [-0.2, 0) is 13.0 Å². The summed E-state index contributed by atoms with van der Waals surface area (Å²) in [5.41, 5.74) is 2.54. The first-order chi connectivity index (χ1) is 11.9. The average Bonchev–Trinajstić information content (AvgIpc) is 2.96. The fourth-order valence-corrected chi connectivity index (χ4v) is 2.97. The summed E-state index contributed by atoms with van der Waals surface area (Å²) in [7, 11) is 0. The summed E-state index contributed by atoms with van der Waals surface area (Å²) in [5.74, 6) is -0.318. The SMILES string of the molecule is O=C(NCc1ccccc1OC(F)(F)F)NC1CCc2ccccc21. The van der Waals surface area contributed by atoms with Gasteiger partial charge in [0, 0.05) is 12.1 Å². The molecule has 1 aliphatic carbocycles. The molecule has 2 aromatic rings. The monoisotopic (exact) mass is 350 g/mol. The Hall–Kier alpha value is -2.70. The molecule has 3 rings (SSSR count). The fraction of sp³-hybridized carbons (Fsp3) is 0.278. The number of urea groups is 1. The first-order valence-electron chi connectivity index (χ1n) is 7.88. The Kier molecular flexibility index (Phi) is 4.83. The molecular weight excluding hydrogens is 333 g/mol. The number of nitrogens with one attached hydrogen (secondary N) is 2. The summed E-state index contributed by atoms with van der Waals surface area (Å²) in [4.78, 5) is 12.1. The van der Waals surface area contributed by atoms with Gasteiger partial charge >= 0.3 is 12.4 Å². The predicted molar refractivity (Wildman–Crippen MR) is 86.0 cm³/mol. The third-order valence-corrected chi connectivity index (χ3v) is 4.08. The normalized spacial score (nSPS) is 16.2. The van der Waals surface area contributed by atoms with Crippen molar-refractivity contribution in [1.82, 2.24) is 10.6 Å². The average molecular weight is 350 g/mol. The maximum absolute atomic E-state index is 12.4. The molecule has 132 valence electrons. The van der Waals surface area contributed by atoms with Gasteiger partial charge in [-0.3, -0.25) is 0 Å². The number of para-hydroxylation sites is 1. The van der Waals surface area contributed by atoms with Crippen LogP contribution in [0.25, 0.3) is 0 Å². The van der Waals surface area contributed by atoms with E-state index in [9.17, 15) is 18.0 Å². The van der Waals surface area contributed by atoms with Crippen molar-refractivity contribution in [2.75, 3.05) is 0 Å². The van der Waals surface area contributed by atoms with Crippen LogP contribution in [0.15, 0.2) is 48.5 Å². The van der Waals surface area contributed by atoms with Crippen molar-refractivity contribution in [1.29, 1.82) is 0 Å². The van der Waals surface area contributed by atoms with Gasteiger partial charge in [-0.1, -0.05) is 42.5 Å². The number of carbonyl (C=O) groups excluding carboxylic acids is 1. The molecule has 0 fully saturated rings. The first kappa shape index (κ1) is 17.1. The lowest BCUT2D eigenvalue weighted by Crippen LogP contribution is -2.37. The molecule has 25 heavy (non-hydrogen) atoms. The first-order valence-corrected chi connectivity index (χ1v) is 7.88. The highest BCUT2D eigenvalue weighted by Gasteiger charge is 2.32. The molecule has 0 bridgehead atoms. The van der Waals surface area contributed by atoms with Crippen LogP contribution in [0.1, 0.15) is 29.2 Å². The molecule has 7 heteroatoms. The Morgan fingerprint density at radius 3 is 2.64 bits per heavy atom. The Labute approximate surface area is 143 Å². The number of aryl methyl sites for hydroxylation is 1. The van der Waals surface area contributed by atoms with Crippen LogP contribution >= 0.6 is 0 Å². The van der Waals surface area contributed by atoms with Gasteiger partial charge in [0.05, 0.1) is 6.04 Å². The molecule has 2 aromatic carbocycles. The van der Waals surface area contributed by atoms with Gasteiger partial charge in [-0.05, 0) is 30.0 Å². The second kappa shape index (κ2) is 7.04. The van der Waals surface area contributed by atoms with Gasteiger partial charge in [0.2, 0.25) is 0 Å². The second-order valence-corrected chi connectivity index (χ2v) is 5.77. The molecule has 0 aliphatic heterocycles. The van der Waals surface area contributed by atoms with Crippen molar-refractivity contribution in [3.63, 3.8) is 0 Å². The zero-order chi connectivity index (χ0) is 17.9. The molecule has 2 amide bonds. The van der Waals surface area contributed by atoms with Crippen molar-refractivity contribution in [3.8, 4) is 5.75 Å². The summed E-state index contributed by atoms with van der Waals surface area (Å²) in [6.07, 6.45) is -3.07. The largest absolute Gasteiger partial charge is 0.573 e. The Morgan fingerprint density at radius 2 is 1.84 bits per heavy atom. The van der Waals surface area contributed by atoms with Gasteiger partial charge < -0.3 is 15.4 Å². The smallest absolute Gasteiger partial charge is 0.405 e. The van der Waals surface area contributed by atoms with E-state index in [0.717, 1.165) is 18.4 Å². The number of ether oxygens (including phenoxy) is 1. The number of halogens is 3. The second-order valence-electron chi connectivity index (χ2n) is 5.77. The van der Waals surface area contributed by atoms with Gasteiger partial charge in [0.25, 0.3) is 0 Å². The highest BCUT2D eigenvalue weighted by Crippen LogP contribution is 2.30. The number of rotatable bonds is 4. The van der Waals surface area contributed by atoms with Gasteiger partial charge in [0.15, 0.2) is 0 Å². The molecule has 4 nitrogen and oxygen atoms in total. The number of hydrogen-bond acceptors (Lipinski definition) is 2. The van der Waals surface area contributed by atoms with E-state index in [1.54, 1.807) is 6.07 Å². The van der Waals surface area contributed by atoms with Crippen molar-refractivity contribution in [3.05, 3.63) is 65.2 Å². The van der Waals surface area contributed by atoms with Crippen molar-refractivity contribution in [2.45, 2.75) is 31.8 Å². The van der Waals surface area contributed by atoms with E-state index < -0.39 is 12.4 Å². The van der Waals surface area contributed by atoms with Crippen molar-refractivity contribution in [2.24, 2.45) is 0 Å². The summed E-state index contributed by atoms with van der Waals surface area (Å²) in [6, 6.07) is 13.1. The molecular formula is C18H17F3N2O2. The van der Waals surface area contributed by atoms with Crippen LogP contribution in [0.4, 0.5) is 18.0 Å². The van der Waals surface area contributed by atoms with E-state index in [1.165, 1.54) is 23.8 Å². The maximum atomic E-state index is 12.4. The Bertz CT molecular complexity index is 762. The Morgan fingerprint density at radius 1 is 1.12 bits per heavy atom. The lowest BCUT2D eigenvalue weighted by atomic mass is 10.1. The van der Waals surface area contributed by atoms with Crippen LogP contribution in [0, 0.1) is 0 Å². The molecule has 0 heterocycles. The van der Waals surface area contributed by atoms with Crippen LogP contribution in [-0.4, -0.2) is 12.4 Å². The van der Waals surface area contributed by atoms with Crippen LogP contribution in [0.3, 0.4) is 0 Å². The minimum absolute atomic E-state index is 0.0630. The molecule has 1 unspecified atom stereocenters. The molecule has 0 radical (unpaired) electrons. The molecule has 1 aliphatic rings. The lowest BCUT2D eigenvalue weighted by Gasteiger charge is -2.16. The Balaban J connectivity index is 1.59. The van der Waals surface area contributed by atoms with Gasteiger partial charge in [0.1, 0.15) is 5.75 Å². The van der Waals surface area contributed by atoms with Gasteiger partial charge in [-0.2, -0.15) is 0 Å². The predicted octanol–water partition coefficient (Wildman–Crippen LogP) is 4.07. The quantitative estimate of drug-likeness (QED) is 0.873. The van der Waals surface area contributed by atoms with Crippen molar-refractivity contribution >= 4 is 6.03 Å². The summed E-state index contributed by atoms with van der Waals surface area (Å²) in [6.45, 7) is -0.0630. The van der Waals surface area contributed by atoms with E-state index in [-0.39, 0.29) is 23.9 Å². The third-order valence-electron chi connectivity index (χ3n) is 4.08. The van der Waals surface area contributed by atoms with Gasteiger partial charge in [-0.15, -0.1) is 13.2 Å². The fourth-order valence-electron chi connectivity index (χ4n) is 2.97. The van der Waals surface area contributed by atoms with E-state index >= 15 is 0 Å². The molecule has 0 spiro atoms. The zero-order valence-corrected chi connectivity index (χ0v) is 13.3. The third kappa shape index (κ3) is 4.43. The standard InChI is InChI=1S/C18H17F3N2O2/c19-18(20,21)25-16-8-4-2-6-13(16)11-22-17(24)23-15-10-9-12-5-1-3-7-14(12)15/h1-8,15H,9-11H2,(H2,22,23,24). The molecule has 0 aromatic heterocycles. The lowest BCUT2D eigenvalue weighted by molar-refractivity contribution is -0.274. The number of carbonyl (C=O) groups is 1. The number of amides is 2. The topological polar surface area (TPSA) is 50.4 Å². The van der Waals surface area contributed by atoms with E-state index in [1.807, 2.05) is 24.3 Å². The number of alkyl halides is 3. The molecule has 2 N–H and O–H groups in total. The summed E-state index contributed by atoms with van der Waals surface area (Å²) in [5, 5.41) is 5.45. The highest BCUT2D eigenvalue weighted by molar-refractivity contribution is 5.74. The summed E-state index contributed by atoms with van der Waals surface area (Å²) < 4.78 is 41.2. The minimum atomic E-state index is -4.77. The minimum Gasteiger partial charge on any atom is -0.405 e. The van der Waals surface area contributed by atoms with Gasteiger partial charge in [-0.25, -0.2) is 4.79 Å². The van der Waals surface area contributed by atoms with E-state index in [4.69, 9.17) is 0 Å². The maximum Gasteiger partial charge on any atom is 0.573 e. The number of benzene rings is 2. The van der Waals surface area contributed by atoms with Crippen LogP contribution in [0.2, 0.25) is 0 Å². The molecule has 1 atom stereocenters. The van der Waals surface area contributed by atoms with E-state index in [0.29, 0.717) is 0 Å².